The first-order valence-electron chi connectivity index (χ1n) is 9.78. The molecule has 2 aromatic carbocycles. The van der Waals surface area contributed by atoms with Crippen molar-refractivity contribution < 1.29 is 14.0 Å². The number of aromatic nitrogens is 1. The average Bonchev–Trinajstić information content (AvgIpc) is 3.22. The van der Waals surface area contributed by atoms with E-state index in [1.165, 1.54) is 6.08 Å². The number of para-hydroxylation sites is 2. The van der Waals surface area contributed by atoms with Gasteiger partial charge in [0.2, 0.25) is 5.91 Å². The highest BCUT2D eigenvalue weighted by molar-refractivity contribution is 5.94. The lowest BCUT2D eigenvalue weighted by molar-refractivity contribution is -0.116. The molecule has 0 aliphatic carbocycles. The maximum absolute atomic E-state index is 13.0. The molecule has 2 heterocycles. The van der Waals surface area contributed by atoms with E-state index in [1.807, 2.05) is 41.3 Å². The van der Waals surface area contributed by atoms with Crippen molar-refractivity contribution in [2.45, 2.75) is 25.3 Å². The predicted molar refractivity (Wildman–Crippen MR) is 110 cm³/mol. The predicted octanol–water partition coefficient (Wildman–Crippen LogP) is 3.65. The van der Waals surface area contributed by atoms with Crippen molar-refractivity contribution in [2.75, 3.05) is 13.1 Å². The van der Waals surface area contributed by atoms with Crippen molar-refractivity contribution in [1.29, 1.82) is 0 Å². The van der Waals surface area contributed by atoms with Gasteiger partial charge in [0.1, 0.15) is 5.52 Å². The molecule has 0 radical (unpaired) electrons. The molecule has 0 saturated carbocycles. The second-order valence-electron chi connectivity index (χ2n) is 7.23. The zero-order valence-corrected chi connectivity index (χ0v) is 16.1. The molecule has 1 aromatic heterocycles. The van der Waals surface area contributed by atoms with Crippen LogP contribution >= 0.6 is 0 Å². The fourth-order valence-electron chi connectivity index (χ4n) is 3.64. The fourth-order valence-corrected chi connectivity index (χ4v) is 3.64. The van der Waals surface area contributed by atoms with E-state index >= 15 is 0 Å². The van der Waals surface area contributed by atoms with E-state index in [4.69, 9.17) is 4.42 Å². The van der Waals surface area contributed by atoms with Gasteiger partial charge in [0, 0.05) is 25.2 Å². The van der Waals surface area contributed by atoms with Gasteiger partial charge in [0.15, 0.2) is 11.5 Å². The summed E-state index contributed by atoms with van der Waals surface area (Å²) in [7, 11) is 0. The number of oxazole rings is 1. The number of piperidine rings is 1. The van der Waals surface area contributed by atoms with Crippen LogP contribution in [0.3, 0.4) is 0 Å². The third kappa shape index (κ3) is 4.21. The number of carbonyl (C=O) groups is 2. The van der Waals surface area contributed by atoms with Crippen LogP contribution in [0.2, 0.25) is 0 Å². The molecule has 29 heavy (non-hydrogen) atoms. The van der Waals surface area contributed by atoms with E-state index in [0.717, 1.165) is 36.0 Å². The molecular formula is C23H23N3O3. The largest absolute Gasteiger partial charge is 0.440 e. The van der Waals surface area contributed by atoms with E-state index in [-0.39, 0.29) is 17.7 Å². The number of nitrogens with zero attached hydrogens (tertiary/aromatic N) is 2. The summed E-state index contributed by atoms with van der Waals surface area (Å²) in [6.45, 7) is 5.16. The highest BCUT2D eigenvalue weighted by Crippen LogP contribution is 2.29. The molecule has 1 fully saturated rings. The summed E-state index contributed by atoms with van der Waals surface area (Å²) in [5.74, 6) is 0.599. The van der Waals surface area contributed by atoms with E-state index < -0.39 is 0 Å². The number of hydrogen-bond donors (Lipinski definition) is 1. The Hall–Kier alpha value is -3.41. The van der Waals surface area contributed by atoms with Crippen molar-refractivity contribution in [2.24, 2.45) is 0 Å². The quantitative estimate of drug-likeness (QED) is 0.676. The molecule has 4 rings (SSSR count). The lowest BCUT2D eigenvalue weighted by Crippen LogP contribution is -2.39. The van der Waals surface area contributed by atoms with Crippen molar-refractivity contribution >= 4 is 22.9 Å². The van der Waals surface area contributed by atoms with Crippen LogP contribution in [0, 0.1) is 0 Å². The Balaban J connectivity index is 1.43. The first-order valence-corrected chi connectivity index (χ1v) is 9.78. The number of benzene rings is 2. The summed E-state index contributed by atoms with van der Waals surface area (Å²) < 4.78 is 5.92. The van der Waals surface area contributed by atoms with Crippen LogP contribution in [0.25, 0.3) is 11.1 Å². The molecule has 1 aliphatic rings. The summed E-state index contributed by atoms with van der Waals surface area (Å²) in [5, 5.41) is 2.73. The van der Waals surface area contributed by atoms with E-state index in [1.54, 1.807) is 12.1 Å². The summed E-state index contributed by atoms with van der Waals surface area (Å²) in [6, 6.07) is 15.1. The Kier molecular flexibility index (Phi) is 5.42. The summed E-state index contributed by atoms with van der Waals surface area (Å²) in [5.41, 5.74) is 3.21. The van der Waals surface area contributed by atoms with E-state index in [0.29, 0.717) is 24.5 Å². The standard InChI is InChI=1S/C23H23N3O3/c1-2-21(27)24-14-16-9-11-17(12-10-16)23(28)26-13-5-6-18(15-26)22-25-19-7-3-4-8-20(19)29-22/h2-4,7-12,18H,1,5-6,13-15H2,(H,24,27). The van der Waals surface area contributed by atoms with Gasteiger partial charge in [-0.1, -0.05) is 30.8 Å². The summed E-state index contributed by atoms with van der Waals surface area (Å²) in [4.78, 5) is 30.7. The minimum Gasteiger partial charge on any atom is -0.440 e. The van der Waals surface area contributed by atoms with Crippen LogP contribution in [-0.4, -0.2) is 34.8 Å². The molecule has 0 bridgehead atoms. The number of likely N-dealkylation sites (tertiary alicyclic amines) is 1. The minimum absolute atomic E-state index is 0.00693. The molecule has 1 atom stereocenters. The van der Waals surface area contributed by atoms with Crippen LogP contribution in [0.1, 0.15) is 40.6 Å². The monoisotopic (exact) mass is 389 g/mol. The second kappa shape index (κ2) is 8.31. The van der Waals surface area contributed by atoms with Gasteiger partial charge < -0.3 is 14.6 Å². The van der Waals surface area contributed by atoms with E-state index in [2.05, 4.69) is 16.9 Å². The van der Waals surface area contributed by atoms with Crippen molar-refractivity contribution in [3.63, 3.8) is 0 Å². The normalized spacial score (nSPS) is 16.6. The van der Waals surface area contributed by atoms with Crippen LogP contribution in [0.15, 0.2) is 65.6 Å². The van der Waals surface area contributed by atoms with Gasteiger partial charge in [-0.3, -0.25) is 9.59 Å². The lowest BCUT2D eigenvalue weighted by Gasteiger charge is -2.31. The number of amides is 2. The maximum Gasteiger partial charge on any atom is 0.253 e. The van der Waals surface area contributed by atoms with Gasteiger partial charge in [-0.25, -0.2) is 4.98 Å². The topological polar surface area (TPSA) is 75.4 Å². The van der Waals surface area contributed by atoms with Crippen molar-refractivity contribution in [3.05, 3.63) is 78.2 Å². The van der Waals surface area contributed by atoms with Crippen LogP contribution in [-0.2, 0) is 11.3 Å². The molecule has 6 nitrogen and oxygen atoms in total. The molecule has 2 amide bonds. The molecule has 1 unspecified atom stereocenters. The Morgan fingerprint density at radius 1 is 1.21 bits per heavy atom. The number of hydrogen-bond acceptors (Lipinski definition) is 4. The summed E-state index contributed by atoms with van der Waals surface area (Å²) >= 11 is 0. The number of fused-ring (bicyclic) bond motifs is 1. The minimum atomic E-state index is -0.219. The van der Waals surface area contributed by atoms with Crippen LogP contribution in [0.4, 0.5) is 0 Å². The Bertz CT molecular complexity index is 1010. The molecule has 1 aliphatic heterocycles. The third-order valence-corrected chi connectivity index (χ3v) is 5.22. The number of rotatable bonds is 5. The van der Waals surface area contributed by atoms with Crippen molar-refractivity contribution in [1.82, 2.24) is 15.2 Å². The zero-order valence-electron chi connectivity index (χ0n) is 16.1. The van der Waals surface area contributed by atoms with Gasteiger partial charge >= 0.3 is 0 Å². The smallest absolute Gasteiger partial charge is 0.253 e. The molecule has 0 spiro atoms. The van der Waals surface area contributed by atoms with E-state index in [9.17, 15) is 9.59 Å². The SMILES string of the molecule is C=CC(=O)NCc1ccc(C(=O)N2CCCC(c3nc4ccccc4o3)C2)cc1. The fraction of sp³-hybridized carbons (Fsp3) is 0.261. The van der Waals surface area contributed by atoms with Gasteiger partial charge in [-0.15, -0.1) is 0 Å². The van der Waals surface area contributed by atoms with Gasteiger partial charge in [-0.2, -0.15) is 0 Å². The number of carbonyl (C=O) groups excluding carboxylic acids is 2. The lowest BCUT2D eigenvalue weighted by atomic mass is 9.97. The first kappa shape index (κ1) is 18.9. The third-order valence-electron chi connectivity index (χ3n) is 5.22. The van der Waals surface area contributed by atoms with Crippen LogP contribution < -0.4 is 5.32 Å². The van der Waals surface area contributed by atoms with Gasteiger partial charge in [0.25, 0.3) is 5.91 Å². The Morgan fingerprint density at radius 3 is 2.76 bits per heavy atom. The highest BCUT2D eigenvalue weighted by atomic mass is 16.3. The van der Waals surface area contributed by atoms with Crippen molar-refractivity contribution in [3.8, 4) is 0 Å². The average molecular weight is 389 g/mol. The molecule has 6 heteroatoms. The Labute approximate surface area is 169 Å². The molecule has 3 aromatic rings. The second-order valence-corrected chi connectivity index (χ2v) is 7.23. The van der Waals surface area contributed by atoms with Gasteiger partial charge in [-0.05, 0) is 48.7 Å². The summed E-state index contributed by atoms with van der Waals surface area (Å²) in [6.07, 6.45) is 3.11. The zero-order chi connectivity index (χ0) is 20.2. The highest BCUT2D eigenvalue weighted by Gasteiger charge is 2.28. The number of nitrogens with one attached hydrogen (secondary N) is 1. The van der Waals surface area contributed by atoms with Gasteiger partial charge in [0.05, 0.1) is 5.92 Å². The first-order chi connectivity index (χ1) is 14.1. The molecule has 148 valence electrons. The maximum atomic E-state index is 13.0. The molecule has 1 saturated heterocycles. The molecular weight excluding hydrogens is 366 g/mol. The Morgan fingerprint density at radius 2 is 2.00 bits per heavy atom. The molecule has 1 N–H and O–H groups in total. The van der Waals surface area contributed by atoms with Crippen LogP contribution in [0.5, 0.6) is 0 Å².